The summed E-state index contributed by atoms with van der Waals surface area (Å²) in [5, 5.41) is 4.20. The van der Waals surface area contributed by atoms with Crippen LogP contribution in [-0.4, -0.2) is 25.3 Å². The first-order valence-corrected chi connectivity index (χ1v) is 6.15. The highest BCUT2D eigenvalue weighted by Crippen LogP contribution is 2.36. The number of carbonyl (C=O) groups excluding carboxylic acids is 1. The molecule has 1 rings (SSSR count). The van der Waals surface area contributed by atoms with Crippen molar-refractivity contribution in [1.29, 1.82) is 0 Å². The zero-order chi connectivity index (χ0) is 14.4. The fourth-order valence-electron chi connectivity index (χ4n) is 1.36. The van der Waals surface area contributed by atoms with E-state index in [2.05, 4.69) is 10.5 Å². The average Bonchev–Trinajstić information content (AvgIpc) is 2.31. The Bertz CT molecular complexity index is 487. The van der Waals surface area contributed by atoms with E-state index in [1.54, 1.807) is 12.1 Å². The van der Waals surface area contributed by atoms with Crippen molar-refractivity contribution in [3.8, 4) is 11.5 Å². The summed E-state index contributed by atoms with van der Waals surface area (Å²) >= 11 is 6.14. The zero-order valence-electron chi connectivity index (χ0n) is 11.4. The van der Waals surface area contributed by atoms with Crippen molar-refractivity contribution in [2.24, 2.45) is 5.10 Å². The molecule has 1 aromatic rings. The van der Waals surface area contributed by atoms with Gasteiger partial charge in [0, 0.05) is 6.92 Å². The van der Waals surface area contributed by atoms with Crippen LogP contribution in [0.15, 0.2) is 17.2 Å². The highest BCUT2D eigenvalue weighted by Gasteiger charge is 2.12. The number of hydrogen-bond donors (Lipinski definition) is 1. The van der Waals surface area contributed by atoms with Gasteiger partial charge in [0.25, 0.3) is 0 Å². The van der Waals surface area contributed by atoms with Crippen LogP contribution in [0, 0.1) is 0 Å². The van der Waals surface area contributed by atoms with E-state index in [0.717, 1.165) is 0 Å². The zero-order valence-corrected chi connectivity index (χ0v) is 12.1. The van der Waals surface area contributed by atoms with E-state index in [4.69, 9.17) is 21.1 Å². The van der Waals surface area contributed by atoms with Crippen molar-refractivity contribution < 1.29 is 14.3 Å². The Morgan fingerprint density at radius 1 is 1.47 bits per heavy atom. The number of hydrazone groups is 1. The molecular formula is C13H17ClN2O3. The second-order valence-corrected chi connectivity index (χ2v) is 4.53. The lowest BCUT2D eigenvalue weighted by Crippen LogP contribution is -2.12. The van der Waals surface area contributed by atoms with E-state index < -0.39 is 0 Å². The molecule has 0 bridgehead atoms. The van der Waals surface area contributed by atoms with E-state index in [9.17, 15) is 4.79 Å². The van der Waals surface area contributed by atoms with Gasteiger partial charge in [0.15, 0.2) is 11.5 Å². The highest BCUT2D eigenvalue weighted by atomic mass is 35.5. The number of benzene rings is 1. The lowest BCUT2D eigenvalue weighted by atomic mass is 10.2. The molecule has 1 N–H and O–H groups in total. The number of hydrogen-bond acceptors (Lipinski definition) is 4. The largest absolute Gasteiger partial charge is 0.493 e. The van der Waals surface area contributed by atoms with E-state index in [-0.39, 0.29) is 12.0 Å². The lowest BCUT2D eigenvalue weighted by molar-refractivity contribution is -0.118. The van der Waals surface area contributed by atoms with Crippen LogP contribution in [0.3, 0.4) is 0 Å². The van der Waals surface area contributed by atoms with Gasteiger partial charge in [-0.2, -0.15) is 5.10 Å². The Morgan fingerprint density at radius 3 is 2.68 bits per heavy atom. The van der Waals surface area contributed by atoms with E-state index in [1.165, 1.54) is 20.2 Å². The van der Waals surface area contributed by atoms with Gasteiger partial charge in [-0.3, -0.25) is 4.79 Å². The predicted octanol–water partition coefficient (Wildman–Crippen LogP) is 2.61. The molecule has 0 spiro atoms. The number of nitrogens with one attached hydrogen (secondary N) is 1. The summed E-state index contributed by atoms with van der Waals surface area (Å²) in [4.78, 5) is 10.7. The summed E-state index contributed by atoms with van der Waals surface area (Å²) in [7, 11) is 1.54. The van der Waals surface area contributed by atoms with Crippen molar-refractivity contribution in [3.05, 3.63) is 22.7 Å². The summed E-state index contributed by atoms with van der Waals surface area (Å²) in [5.41, 5.74) is 3.01. The normalized spacial score (nSPS) is 10.8. The molecule has 0 unspecified atom stereocenters. The molecule has 0 aliphatic carbocycles. The molecule has 0 aliphatic rings. The maximum atomic E-state index is 10.7. The van der Waals surface area contributed by atoms with Crippen LogP contribution in [0.2, 0.25) is 5.02 Å². The molecule has 19 heavy (non-hydrogen) atoms. The smallest absolute Gasteiger partial charge is 0.236 e. The van der Waals surface area contributed by atoms with E-state index in [1.807, 2.05) is 13.8 Å². The molecule has 0 aromatic heterocycles. The van der Waals surface area contributed by atoms with Gasteiger partial charge in [0.1, 0.15) is 0 Å². The number of ether oxygens (including phenoxy) is 2. The minimum absolute atomic E-state index is 0.00898. The summed E-state index contributed by atoms with van der Waals surface area (Å²) < 4.78 is 10.8. The van der Waals surface area contributed by atoms with Crippen molar-refractivity contribution in [3.63, 3.8) is 0 Å². The van der Waals surface area contributed by atoms with Crippen LogP contribution in [0.4, 0.5) is 0 Å². The third-order valence-electron chi connectivity index (χ3n) is 2.04. The van der Waals surface area contributed by atoms with Crippen molar-refractivity contribution in [2.45, 2.75) is 26.9 Å². The summed E-state index contributed by atoms with van der Waals surface area (Å²) in [6, 6.07) is 3.42. The van der Waals surface area contributed by atoms with Crippen molar-refractivity contribution in [2.75, 3.05) is 7.11 Å². The number of methoxy groups -OCH3 is 1. The Hall–Kier alpha value is -1.75. The quantitative estimate of drug-likeness (QED) is 0.668. The van der Waals surface area contributed by atoms with Crippen LogP contribution < -0.4 is 14.9 Å². The summed E-state index contributed by atoms with van der Waals surface area (Å²) in [6.07, 6.45) is 1.47. The molecule has 6 heteroatoms. The SMILES string of the molecule is COc1cc(/C=N/NC(C)=O)cc(Cl)c1OC(C)C. The second kappa shape index (κ2) is 6.99. The van der Waals surface area contributed by atoms with Gasteiger partial charge in [0.05, 0.1) is 24.5 Å². The minimum Gasteiger partial charge on any atom is -0.493 e. The molecule has 1 aromatic carbocycles. The van der Waals surface area contributed by atoms with Gasteiger partial charge in [0.2, 0.25) is 5.91 Å². The van der Waals surface area contributed by atoms with E-state index in [0.29, 0.717) is 22.1 Å². The van der Waals surface area contributed by atoms with Crippen LogP contribution >= 0.6 is 11.6 Å². The maximum absolute atomic E-state index is 10.7. The Balaban J connectivity index is 3.01. The van der Waals surface area contributed by atoms with Gasteiger partial charge in [-0.05, 0) is 31.5 Å². The second-order valence-electron chi connectivity index (χ2n) is 4.13. The third kappa shape index (κ3) is 4.79. The molecule has 0 aliphatic heterocycles. The van der Waals surface area contributed by atoms with Gasteiger partial charge < -0.3 is 9.47 Å². The Labute approximate surface area is 117 Å². The number of rotatable bonds is 5. The summed E-state index contributed by atoms with van der Waals surface area (Å²) in [5.74, 6) is 0.774. The van der Waals surface area contributed by atoms with Crippen LogP contribution in [0.1, 0.15) is 26.3 Å². The van der Waals surface area contributed by atoms with Crippen molar-refractivity contribution in [1.82, 2.24) is 5.43 Å². The van der Waals surface area contributed by atoms with Crippen molar-refractivity contribution >= 4 is 23.7 Å². The van der Waals surface area contributed by atoms with Gasteiger partial charge in [-0.15, -0.1) is 0 Å². The molecule has 0 saturated carbocycles. The number of halogens is 1. The predicted molar refractivity (Wildman–Crippen MR) is 75.2 cm³/mol. The molecule has 0 heterocycles. The lowest BCUT2D eigenvalue weighted by Gasteiger charge is -2.15. The van der Waals surface area contributed by atoms with Crippen LogP contribution in [0.5, 0.6) is 11.5 Å². The highest BCUT2D eigenvalue weighted by molar-refractivity contribution is 6.32. The first-order valence-electron chi connectivity index (χ1n) is 5.78. The molecular weight excluding hydrogens is 268 g/mol. The molecule has 104 valence electrons. The number of amides is 1. The average molecular weight is 285 g/mol. The maximum Gasteiger partial charge on any atom is 0.236 e. The number of carbonyl (C=O) groups is 1. The number of nitrogens with zero attached hydrogens (tertiary/aromatic N) is 1. The van der Waals surface area contributed by atoms with E-state index >= 15 is 0 Å². The topological polar surface area (TPSA) is 59.9 Å². The molecule has 0 atom stereocenters. The monoisotopic (exact) mass is 284 g/mol. The fraction of sp³-hybridized carbons (Fsp3) is 0.385. The minimum atomic E-state index is -0.242. The molecule has 0 fully saturated rings. The first-order chi connectivity index (χ1) is 8.93. The Morgan fingerprint density at radius 2 is 2.16 bits per heavy atom. The van der Waals surface area contributed by atoms with Crippen LogP contribution in [-0.2, 0) is 4.79 Å². The summed E-state index contributed by atoms with van der Waals surface area (Å²) in [6.45, 7) is 5.19. The molecule has 1 amide bonds. The van der Waals surface area contributed by atoms with Gasteiger partial charge >= 0.3 is 0 Å². The standard InChI is InChI=1S/C13H17ClN2O3/c1-8(2)19-13-11(14)5-10(6-12(13)18-4)7-15-16-9(3)17/h5-8H,1-4H3,(H,16,17)/b15-7+. The third-order valence-corrected chi connectivity index (χ3v) is 2.32. The molecule has 5 nitrogen and oxygen atoms in total. The van der Waals surface area contributed by atoms with Gasteiger partial charge in [-0.1, -0.05) is 11.6 Å². The molecule has 0 radical (unpaired) electrons. The Kier molecular flexibility index (Phi) is 5.63. The fourth-order valence-corrected chi connectivity index (χ4v) is 1.63. The van der Waals surface area contributed by atoms with Gasteiger partial charge in [-0.25, -0.2) is 5.43 Å². The molecule has 0 saturated heterocycles. The van der Waals surface area contributed by atoms with Crippen LogP contribution in [0.25, 0.3) is 0 Å². The first kappa shape index (κ1) is 15.3.